The lowest BCUT2D eigenvalue weighted by molar-refractivity contribution is 0.599. The molecule has 0 atom stereocenters. The van der Waals surface area contributed by atoms with Crippen molar-refractivity contribution < 1.29 is 4.42 Å². The highest BCUT2D eigenvalue weighted by Crippen LogP contribution is 2.33. The Labute approximate surface area is 148 Å². The van der Waals surface area contributed by atoms with Gasteiger partial charge in [0.2, 0.25) is 5.36 Å². The molecule has 4 heteroatoms. The van der Waals surface area contributed by atoms with Crippen molar-refractivity contribution in [2.24, 2.45) is 0 Å². The molecule has 0 saturated heterocycles. The van der Waals surface area contributed by atoms with E-state index in [2.05, 4.69) is 60.6 Å². The van der Waals surface area contributed by atoms with Gasteiger partial charge in [-0.2, -0.15) is 0 Å². The standard InChI is InChI=1S/C21H26N3O/c1-4-23(5-2)16-9-10-17-20(13-16)25-21-14-19-15(12-18(21)22-17)8-7-11-24(19)6-3/h9-10,12-14H,4-8,11H2,1-3H3/q+1. The highest BCUT2D eigenvalue weighted by Gasteiger charge is 2.19. The molecule has 3 aliphatic rings. The zero-order chi connectivity index (χ0) is 17.4. The number of aromatic nitrogens is 1. The second-order valence-electron chi connectivity index (χ2n) is 6.67. The van der Waals surface area contributed by atoms with Gasteiger partial charge in [-0.3, -0.25) is 0 Å². The Morgan fingerprint density at radius 2 is 1.96 bits per heavy atom. The molecular weight excluding hydrogens is 310 g/mol. The van der Waals surface area contributed by atoms with E-state index < -0.39 is 0 Å². The average molecular weight is 336 g/mol. The van der Waals surface area contributed by atoms with Crippen molar-refractivity contribution in [3.63, 3.8) is 0 Å². The summed E-state index contributed by atoms with van der Waals surface area (Å²) in [5.74, 6) is 0.857. The second-order valence-corrected chi connectivity index (χ2v) is 6.67. The molecule has 0 N–H and O–H groups in total. The number of anilines is 1. The topological polar surface area (TPSA) is 32.3 Å². The van der Waals surface area contributed by atoms with Crippen LogP contribution >= 0.6 is 0 Å². The molecule has 0 fully saturated rings. The minimum atomic E-state index is 0.857. The minimum absolute atomic E-state index is 0.857. The van der Waals surface area contributed by atoms with Gasteiger partial charge in [0, 0.05) is 30.9 Å². The summed E-state index contributed by atoms with van der Waals surface area (Å²) in [4.78, 5) is 7.29. The van der Waals surface area contributed by atoms with E-state index in [0.29, 0.717) is 0 Å². The van der Waals surface area contributed by atoms with E-state index in [9.17, 15) is 0 Å². The summed E-state index contributed by atoms with van der Waals surface area (Å²) >= 11 is 0. The van der Waals surface area contributed by atoms with Crippen molar-refractivity contribution in [3.05, 3.63) is 41.3 Å². The molecule has 4 nitrogen and oxygen atoms in total. The van der Waals surface area contributed by atoms with Crippen LogP contribution in [0, 0.1) is 0 Å². The Balaban J connectivity index is 1.94. The lowest BCUT2D eigenvalue weighted by Gasteiger charge is -2.30. The zero-order valence-electron chi connectivity index (χ0n) is 15.4. The molecule has 0 bridgehead atoms. The number of aryl methyl sites for hydroxylation is 1. The first kappa shape index (κ1) is 16.1. The van der Waals surface area contributed by atoms with E-state index in [1.54, 1.807) is 0 Å². The van der Waals surface area contributed by atoms with E-state index >= 15 is 0 Å². The number of hydrogen-bond donors (Lipinski definition) is 0. The largest absolute Gasteiger partial charge is 0.452 e. The monoisotopic (exact) mass is 336 g/mol. The van der Waals surface area contributed by atoms with Crippen LogP contribution in [0.2, 0.25) is 0 Å². The third kappa shape index (κ3) is 2.80. The van der Waals surface area contributed by atoms with E-state index in [0.717, 1.165) is 55.2 Å². The summed E-state index contributed by atoms with van der Waals surface area (Å²) in [7, 11) is 0. The van der Waals surface area contributed by atoms with Crippen LogP contribution in [-0.4, -0.2) is 31.2 Å². The van der Waals surface area contributed by atoms with Crippen molar-refractivity contribution in [1.82, 2.24) is 9.56 Å². The van der Waals surface area contributed by atoms with Crippen LogP contribution < -0.4 is 14.8 Å². The minimum Gasteiger partial charge on any atom is -0.452 e. The smallest absolute Gasteiger partial charge is 0.203 e. The molecule has 1 aliphatic carbocycles. The van der Waals surface area contributed by atoms with Crippen molar-refractivity contribution >= 4 is 16.8 Å². The van der Waals surface area contributed by atoms with Gasteiger partial charge in [0.25, 0.3) is 0 Å². The third-order valence-electron chi connectivity index (χ3n) is 5.29. The van der Waals surface area contributed by atoms with E-state index in [-0.39, 0.29) is 0 Å². The molecule has 0 saturated carbocycles. The number of hydrogen-bond acceptors (Lipinski definition) is 3. The van der Waals surface area contributed by atoms with E-state index in [1.165, 1.54) is 23.0 Å². The Bertz CT molecular complexity index is 951. The number of rotatable bonds is 3. The highest BCUT2D eigenvalue weighted by atomic mass is 16.3. The molecule has 1 aromatic carbocycles. The van der Waals surface area contributed by atoms with Crippen molar-refractivity contribution in [3.8, 4) is 11.5 Å². The van der Waals surface area contributed by atoms with Gasteiger partial charge < -0.3 is 9.32 Å². The molecule has 4 rings (SSSR count). The second kappa shape index (κ2) is 6.51. The van der Waals surface area contributed by atoms with Gasteiger partial charge in [-0.05, 0) is 51.3 Å². The predicted molar refractivity (Wildman–Crippen MR) is 103 cm³/mol. The Morgan fingerprint density at radius 1 is 1.12 bits per heavy atom. The maximum atomic E-state index is 6.27. The molecule has 130 valence electrons. The summed E-state index contributed by atoms with van der Waals surface area (Å²) in [5, 5.41) is 1.19. The quantitative estimate of drug-likeness (QED) is 0.542. The average Bonchev–Trinajstić information content (AvgIpc) is 2.65. The van der Waals surface area contributed by atoms with E-state index in [4.69, 9.17) is 9.40 Å². The number of nitrogens with zero attached hydrogens (tertiary/aromatic N) is 3. The summed E-state index contributed by atoms with van der Waals surface area (Å²) in [6, 6.07) is 10.7. The first-order chi connectivity index (χ1) is 12.2. The molecule has 2 aliphatic heterocycles. The lowest BCUT2D eigenvalue weighted by atomic mass is 10.0. The molecule has 0 radical (unpaired) electrons. The van der Waals surface area contributed by atoms with Crippen LogP contribution in [0.1, 0.15) is 32.8 Å². The maximum Gasteiger partial charge on any atom is 0.203 e. The fraction of sp³-hybridized carbons (Fsp3) is 0.429. The molecule has 0 unspecified atom stereocenters. The third-order valence-corrected chi connectivity index (χ3v) is 5.29. The van der Waals surface area contributed by atoms with Crippen LogP contribution in [0.3, 0.4) is 0 Å². The Hall–Kier alpha value is -2.36. The molecule has 0 spiro atoms. The maximum absolute atomic E-state index is 6.27. The molecule has 2 heterocycles. The number of benzene rings is 2. The van der Waals surface area contributed by atoms with Gasteiger partial charge in [0.15, 0.2) is 11.3 Å². The fourth-order valence-electron chi connectivity index (χ4n) is 3.88. The van der Waals surface area contributed by atoms with Gasteiger partial charge in [0.1, 0.15) is 24.3 Å². The van der Waals surface area contributed by atoms with Gasteiger partial charge in [-0.1, -0.05) is 0 Å². The molecule has 0 amide bonds. The molecule has 1 aromatic rings. The van der Waals surface area contributed by atoms with Gasteiger partial charge in [-0.15, -0.1) is 0 Å². The van der Waals surface area contributed by atoms with Crippen LogP contribution in [0.25, 0.3) is 22.6 Å². The fourth-order valence-corrected chi connectivity index (χ4v) is 3.88. The Morgan fingerprint density at radius 3 is 2.72 bits per heavy atom. The van der Waals surface area contributed by atoms with Gasteiger partial charge in [0.05, 0.1) is 6.07 Å². The lowest BCUT2D eigenvalue weighted by Crippen LogP contribution is -2.29. The molecular formula is C21H26N3O+. The first-order valence-corrected chi connectivity index (χ1v) is 9.44. The highest BCUT2D eigenvalue weighted by molar-refractivity contribution is 5.82. The predicted octanol–water partition coefficient (Wildman–Crippen LogP) is 3.52. The SMILES string of the molecule is CCN1CCCc2cc3nc4ccc(=[N+](CC)CC)cc-4oc3cc21. The van der Waals surface area contributed by atoms with E-state index in [1.807, 2.05) is 0 Å². The van der Waals surface area contributed by atoms with Gasteiger partial charge >= 0.3 is 0 Å². The van der Waals surface area contributed by atoms with Crippen LogP contribution in [0.5, 0.6) is 0 Å². The van der Waals surface area contributed by atoms with Crippen molar-refractivity contribution in [2.45, 2.75) is 33.6 Å². The summed E-state index contributed by atoms with van der Waals surface area (Å²) < 4.78 is 8.59. The normalized spacial score (nSPS) is 14.1. The van der Waals surface area contributed by atoms with Crippen LogP contribution in [0.15, 0.2) is 34.7 Å². The number of fused-ring (bicyclic) bond motifs is 3. The molecule has 0 aromatic heterocycles. The van der Waals surface area contributed by atoms with Gasteiger partial charge in [-0.25, -0.2) is 9.56 Å². The Kier molecular flexibility index (Phi) is 4.20. The van der Waals surface area contributed by atoms with Crippen LogP contribution in [-0.2, 0) is 6.42 Å². The molecule has 25 heavy (non-hydrogen) atoms. The summed E-state index contributed by atoms with van der Waals surface area (Å²) in [6.45, 7) is 10.7. The summed E-state index contributed by atoms with van der Waals surface area (Å²) in [6.07, 6.45) is 2.34. The first-order valence-electron chi connectivity index (χ1n) is 9.44. The summed E-state index contributed by atoms with van der Waals surface area (Å²) in [5.41, 5.74) is 5.46. The van der Waals surface area contributed by atoms with Crippen molar-refractivity contribution in [2.75, 3.05) is 31.1 Å². The zero-order valence-corrected chi connectivity index (χ0v) is 15.4. The van der Waals surface area contributed by atoms with Crippen LogP contribution in [0.4, 0.5) is 5.69 Å². The van der Waals surface area contributed by atoms with Crippen molar-refractivity contribution in [1.29, 1.82) is 0 Å².